The molecule has 2 rings (SSSR count). The topological polar surface area (TPSA) is 84.0 Å². The van der Waals surface area contributed by atoms with E-state index in [0.29, 0.717) is 11.5 Å². The van der Waals surface area contributed by atoms with Crippen molar-refractivity contribution in [3.05, 3.63) is 41.3 Å². The zero-order valence-corrected chi connectivity index (χ0v) is 12.5. The molecule has 0 radical (unpaired) electrons. The number of nitrogens with one attached hydrogen (secondary N) is 2. The summed E-state index contributed by atoms with van der Waals surface area (Å²) in [6, 6.07) is 3.06. The number of sulfonamides is 1. The third-order valence-electron chi connectivity index (χ3n) is 2.65. The Morgan fingerprint density at radius 1 is 1.30 bits per heavy atom. The summed E-state index contributed by atoms with van der Waals surface area (Å²) >= 11 is 5.94. The van der Waals surface area contributed by atoms with Gasteiger partial charge in [0.15, 0.2) is 0 Å². The normalized spacial score (nSPS) is 11.2. The number of aromatic nitrogens is 2. The molecule has 2 aromatic rings. The van der Waals surface area contributed by atoms with E-state index in [0.717, 1.165) is 5.56 Å². The predicted octanol–water partition coefficient (Wildman–Crippen LogP) is 2.28. The number of anilines is 2. The van der Waals surface area contributed by atoms with Crippen molar-refractivity contribution in [1.29, 1.82) is 0 Å². The Morgan fingerprint density at radius 3 is 2.65 bits per heavy atom. The number of pyridine rings is 2. The molecule has 0 amide bonds. The standard InChI is InChI=1S/C12H13ClN4O2S/c1-8-3-4-15-7-11(8)17-20(18,19)9-5-10(13)12(14-2)16-6-9/h3-7,17H,1-2H3,(H,14,16). The maximum atomic E-state index is 12.2. The number of aryl methyl sites for hydroxylation is 1. The summed E-state index contributed by atoms with van der Waals surface area (Å²) < 4.78 is 27.0. The fourth-order valence-corrected chi connectivity index (χ4v) is 2.94. The Hall–Kier alpha value is -1.86. The lowest BCUT2D eigenvalue weighted by molar-refractivity contribution is 0.601. The van der Waals surface area contributed by atoms with Gasteiger partial charge in [0.2, 0.25) is 0 Å². The van der Waals surface area contributed by atoms with E-state index in [1.54, 1.807) is 26.2 Å². The summed E-state index contributed by atoms with van der Waals surface area (Å²) in [5.74, 6) is 0.420. The van der Waals surface area contributed by atoms with Crippen molar-refractivity contribution < 1.29 is 8.42 Å². The van der Waals surface area contributed by atoms with Gasteiger partial charge in [0.05, 0.1) is 16.9 Å². The minimum absolute atomic E-state index is 0.00949. The van der Waals surface area contributed by atoms with Gasteiger partial charge in [0, 0.05) is 19.4 Å². The first-order chi connectivity index (χ1) is 9.44. The Balaban J connectivity index is 2.36. The molecule has 8 heteroatoms. The smallest absolute Gasteiger partial charge is 0.263 e. The Bertz CT molecular complexity index is 734. The first kappa shape index (κ1) is 14.5. The molecule has 2 aromatic heterocycles. The lowest BCUT2D eigenvalue weighted by atomic mass is 10.3. The largest absolute Gasteiger partial charge is 0.372 e. The highest BCUT2D eigenvalue weighted by Crippen LogP contribution is 2.24. The van der Waals surface area contributed by atoms with Crippen LogP contribution in [0.2, 0.25) is 5.02 Å². The van der Waals surface area contributed by atoms with Crippen molar-refractivity contribution >= 4 is 33.1 Å². The third-order valence-corrected chi connectivity index (χ3v) is 4.27. The van der Waals surface area contributed by atoms with Crippen LogP contribution < -0.4 is 10.0 Å². The van der Waals surface area contributed by atoms with Crippen molar-refractivity contribution in [1.82, 2.24) is 9.97 Å². The molecule has 0 aliphatic carbocycles. The molecule has 20 heavy (non-hydrogen) atoms. The quantitative estimate of drug-likeness (QED) is 0.905. The summed E-state index contributed by atoms with van der Waals surface area (Å²) in [5.41, 5.74) is 1.19. The number of nitrogens with zero attached hydrogens (tertiary/aromatic N) is 2. The van der Waals surface area contributed by atoms with Gasteiger partial charge < -0.3 is 5.32 Å². The van der Waals surface area contributed by atoms with Gasteiger partial charge in [-0.15, -0.1) is 0 Å². The molecule has 0 aliphatic heterocycles. The molecule has 0 saturated carbocycles. The van der Waals surface area contributed by atoms with Crippen molar-refractivity contribution in [2.45, 2.75) is 11.8 Å². The average molecular weight is 313 g/mol. The molecule has 0 bridgehead atoms. The van der Waals surface area contributed by atoms with E-state index >= 15 is 0 Å². The monoisotopic (exact) mass is 312 g/mol. The number of hydrogen-bond donors (Lipinski definition) is 2. The van der Waals surface area contributed by atoms with Gasteiger partial charge in [0.25, 0.3) is 10.0 Å². The molecular weight excluding hydrogens is 300 g/mol. The molecule has 0 atom stereocenters. The summed E-state index contributed by atoms with van der Waals surface area (Å²) in [7, 11) is -2.10. The van der Waals surface area contributed by atoms with Crippen LogP contribution in [0, 0.1) is 6.92 Å². The van der Waals surface area contributed by atoms with E-state index in [4.69, 9.17) is 11.6 Å². The minimum Gasteiger partial charge on any atom is -0.372 e. The molecule has 0 saturated heterocycles. The fourth-order valence-electron chi connectivity index (χ4n) is 1.53. The van der Waals surface area contributed by atoms with E-state index in [1.165, 1.54) is 18.5 Å². The van der Waals surface area contributed by atoms with Crippen LogP contribution in [0.5, 0.6) is 0 Å². The zero-order chi connectivity index (χ0) is 14.8. The van der Waals surface area contributed by atoms with Gasteiger partial charge in [-0.05, 0) is 24.6 Å². The molecule has 0 fully saturated rings. The van der Waals surface area contributed by atoms with Crippen molar-refractivity contribution in [2.75, 3.05) is 17.1 Å². The number of hydrogen-bond acceptors (Lipinski definition) is 5. The van der Waals surface area contributed by atoms with Gasteiger partial charge >= 0.3 is 0 Å². The summed E-state index contributed by atoms with van der Waals surface area (Å²) in [6.45, 7) is 1.79. The van der Waals surface area contributed by atoms with Gasteiger partial charge in [-0.1, -0.05) is 11.6 Å². The van der Waals surface area contributed by atoms with E-state index in [1.807, 2.05) is 0 Å². The van der Waals surface area contributed by atoms with E-state index < -0.39 is 10.0 Å². The Kier molecular flexibility index (Phi) is 4.10. The number of rotatable bonds is 4. The molecule has 2 N–H and O–H groups in total. The lowest BCUT2D eigenvalue weighted by Gasteiger charge is -2.10. The SMILES string of the molecule is CNc1ncc(S(=O)(=O)Nc2cnccc2C)cc1Cl. The van der Waals surface area contributed by atoms with Gasteiger partial charge in [-0.2, -0.15) is 0 Å². The van der Waals surface area contributed by atoms with Gasteiger partial charge in [-0.25, -0.2) is 13.4 Å². The number of halogens is 1. The highest BCUT2D eigenvalue weighted by atomic mass is 35.5. The minimum atomic E-state index is -3.75. The molecule has 0 aliphatic rings. The van der Waals surface area contributed by atoms with Crippen LogP contribution in [0.1, 0.15) is 5.56 Å². The van der Waals surface area contributed by atoms with Crippen LogP contribution in [-0.4, -0.2) is 25.4 Å². The molecule has 0 aromatic carbocycles. The van der Waals surface area contributed by atoms with E-state index in [9.17, 15) is 8.42 Å². The van der Waals surface area contributed by atoms with Gasteiger partial charge in [-0.3, -0.25) is 9.71 Å². The average Bonchev–Trinajstić information content (AvgIpc) is 2.41. The highest BCUT2D eigenvalue weighted by molar-refractivity contribution is 7.92. The van der Waals surface area contributed by atoms with Crippen LogP contribution in [0.15, 0.2) is 35.6 Å². The van der Waals surface area contributed by atoms with E-state index in [2.05, 4.69) is 20.0 Å². The molecule has 2 heterocycles. The first-order valence-electron chi connectivity index (χ1n) is 5.71. The maximum Gasteiger partial charge on any atom is 0.263 e. The summed E-state index contributed by atoms with van der Waals surface area (Å²) in [4.78, 5) is 7.83. The molecule has 0 spiro atoms. The molecule has 106 valence electrons. The van der Waals surface area contributed by atoms with Crippen LogP contribution >= 0.6 is 11.6 Å². The van der Waals surface area contributed by atoms with Crippen LogP contribution in [0.3, 0.4) is 0 Å². The molecular formula is C12H13ClN4O2S. The molecule has 0 unspecified atom stereocenters. The maximum absolute atomic E-state index is 12.2. The molecule has 6 nitrogen and oxygen atoms in total. The zero-order valence-electron chi connectivity index (χ0n) is 10.9. The third kappa shape index (κ3) is 3.00. The lowest BCUT2D eigenvalue weighted by Crippen LogP contribution is -2.14. The second-order valence-electron chi connectivity index (χ2n) is 4.05. The highest BCUT2D eigenvalue weighted by Gasteiger charge is 2.17. The Morgan fingerprint density at radius 2 is 2.05 bits per heavy atom. The summed E-state index contributed by atoms with van der Waals surface area (Å²) in [6.07, 6.45) is 4.28. The fraction of sp³-hybridized carbons (Fsp3) is 0.167. The second-order valence-corrected chi connectivity index (χ2v) is 6.14. The van der Waals surface area contributed by atoms with E-state index in [-0.39, 0.29) is 9.92 Å². The van der Waals surface area contributed by atoms with Crippen molar-refractivity contribution in [2.24, 2.45) is 0 Å². The predicted molar refractivity (Wildman–Crippen MR) is 78.6 cm³/mol. The summed E-state index contributed by atoms with van der Waals surface area (Å²) in [5, 5.41) is 3.00. The van der Waals surface area contributed by atoms with Crippen LogP contribution in [0.25, 0.3) is 0 Å². The van der Waals surface area contributed by atoms with Crippen LogP contribution in [-0.2, 0) is 10.0 Å². The Labute approximate surface area is 122 Å². The van der Waals surface area contributed by atoms with Gasteiger partial charge in [0.1, 0.15) is 10.7 Å². The van der Waals surface area contributed by atoms with Crippen LogP contribution in [0.4, 0.5) is 11.5 Å². The second kappa shape index (κ2) is 5.64. The van der Waals surface area contributed by atoms with Crippen molar-refractivity contribution in [3.63, 3.8) is 0 Å². The first-order valence-corrected chi connectivity index (χ1v) is 7.57. The van der Waals surface area contributed by atoms with Crippen molar-refractivity contribution in [3.8, 4) is 0 Å².